The molecule has 0 saturated carbocycles. The first-order valence-corrected chi connectivity index (χ1v) is 6.71. The first kappa shape index (κ1) is 11.3. The van der Waals surface area contributed by atoms with Crippen LogP contribution in [0, 0.1) is 0 Å². The van der Waals surface area contributed by atoms with Gasteiger partial charge in [0.2, 0.25) is 5.95 Å². The number of benzene rings is 1. The van der Waals surface area contributed by atoms with Gasteiger partial charge in [0.1, 0.15) is 0 Å². The van der Waals surface area contributed by atoms with Crippen molar-refractivity contribution in [2.75, 3.05) is 18.0 Å². The number of aromatic nitrogens is 2. The summed E-state index contributed by atoms with van der Waals surface area (Å²) in [6.07, 6.45) is 5.84. The molecular formula is C15H19N3. The number of fused-ring (bicyclic) bond motifs is 1. The average Bonchev–Trinajstić information content (AvgIpc) is 2.80. The van der Waals surface area contributed by atoms with Crippen molar-refractivity contribution >= 4 is 17.0 Å². The van der Waals surface area contributed by atoms with E-state index in [4.69, 9.17) is 4.98 Å². The molecule has 0 N–H and O–H groups in total. The smallest absolute Gasteiger partial charge is 0.206 e. The number of anilines is 1. The topological polar surface area (TPSA) is 21.1 Å². The molecule has 3 rings (SSSR count). The second kappa shape index (κ2) is 4.84. The highest BCUT2D eigenvalue weighted by atomic mass is 15.3. The van der Waals surface area contributed by atoms with Crippen LogP contribution in [0.5, 0.6) is 0 Å². The molecule has 2 heterocycles. The third kappa shape index (κ3) is 1.90. The normalized spacial score (nSPS) is 16.1. The van der Waals surface area contributed by atoms with Gasteiger partial charge in [-0.3, -0.25) is 0 Å². The molecular weight excluding hydrogens is 222 g/mol. The predicted octanol–water partition coefficient (Wildman–Crippen LogP) is 3.21. The Kier molecular flexibility index (Phi) is 3.05. The van der Waals surface area contributed by atoms with Crippen molar-refractivity contribution in [3.63, 3.8) is 0 Å². The summed E-state index contributed by atoms with van der Waals surface area (Å²) in [7, 11) is 0. The van der Waals surface area contributed by atoms with Gasteiger partial charge in [-0.25, -0.2) is 4.98 Å². The van der Waals surface area contributed by atoms with E-state index in [1.807, 2.05) is 12.1 Å². The zero-order valence-corrected chi connectivity index (χ0v) is 10.7. The maximum absolute atomic E-state index is 4.80. The Bertz CT molecular complexity index is 550. The molecule has 1 aromatic carbocycles. The van der Waals surface area contributed by atoms with Crippen LogP contribution in [0.4, 0.5) is 5.95 Å². The minimum Gasteiger partial charge on any atom is -0.342 e. The van der Waals surface area contributed by atoms with Crippen LogP contribution in [-0.2, 0) is 6.54 Å². The molecule has 1 aliphatic rings. The van der Waals surface area contributed by atoms with Gasteiger partial charge in [-0.2, -0.15) is 0 Å². The number of imidazole rings is 1. The molecule has 94 valence electrons. The van der Waals surface area contributed by atoms with E-state index in [-0.39, 0.29) is 0 Å². The molecule has 0 amide bonds. The lowest BCUT2D eigenvalue weighted by Crippen LogP contribution is -2.31. The van der Waals surface area contributed by atoms with E-state index in [1.54, 1.807) is 0 Å². The second-order valence-corrected chi connectivity index (χ2v) is 4.85. The van der Waals surface area contributed by atoms with Gasteiger partial charge in [0.25, 0.3) is 0 Å². The standard InChI is InChI=1S/C15H19N3/c1-2-10-18-14-9-5-4-8-13(14)16-15(18)17-11-6-3-7-12-17/h2,4-5,8-9H,1,3,6-7,10-12H2. The molecule has 0 bridgehead atoms. The van der Waals surface area contributed by atoms with Gasteiger partial charge in [-0.1, -0.05) is 18.2 Å². The number of allylic oxidation sites excluding steroid dienone is 1. The van der Waals surface area contributed by atoms with Crippen molar-refractivity contribution in [2.24, 2.45) is 0 Å². The number of nitrogens with zero attached hydrogens (tertiary/aromatic N) is 3. The molecule has 0 atom stereocenters. The zero-order chi connectivity index (χ0) is 12.4. The number of para-hydroxylation sites is 2. The average molecular weight is 241 g/mol. The molecule has 1 aromatic heterocycles. The summed E-state index contributed by atoms with van der Waals surface area (Å²) >= 11 is 0. The van der Waals surface area contributed by atoms with E-state index in [1.165, 1.54) is 24.8 Å². The molecule has 1 saturated heterocycles. The molecule has 2 aromatic rings. The Labute approximate surface area is 108 Å². The van der Waals surface area contributed by atoms with E-state index in [0.29, 0.717) is 0 Å². The van der Waals surface area contributed by atoms with Crippen LogP contribution < -0.4 is 4.90 Å². The van der Waals surface area contributed by atoms with E-state index < -0.39 is 0 Å². The first-order valence-electron chi connectivity index (χ1n) is 6.71. The Morgan fingerprint density at radius 2 is 1.94 bits per heavy atom. The maximum atomic E-state index is 4.80. The molecule has 1 aliphatic heterocycles. The van der Waals surface area contributed by atoms with Crippen molar-refractivity contribution in [3.8, 4) is 0 Å². The SMILES string of the molecule is C=CCn1c(N2CCCCC2)nc2ccccc21. The minimum absolute atomic E-state index is 0.826. The number of piperidine rings is 1. The predicted molar refractivity (Wildman–Crippen MR) is 76.0 cm³/mol. The van der Waals surface area contributed by atoms with Gasteiger partial charge in [-0.15, -0.1) is 6.58 Å². The molecule has 1 fully saturated rings. The molecule has 3 heteroatoms. The zero-order valence-electron chi connectivity index (χ0n) is 10.7. The number of hydrogen-bond donors (Lipinski definition) is 0. The third-order valence-electron chi connectivity index (χ3n) is 3.58. The van der Waals surface area contributed by atoms with Gasteiger partial charge < -0.3 is 9.47 Å². The summed E-state index contributed by atoms with van der Waals surface area (Å²) in [4.78, 5) is 7.21. The lowest BCUT2D eigenvalue weighted by Gasteiger charge is -2.28. The molecule has 0 unspecified atom stereocenters. The van der Waals surface area contributed by atoms with Crippen LogP contribution >= 0.6 is 0 Å². The van der Waals surface area contributed by atoms with E-state index in [0.717, 1.165) is 31.1 Å². The summed E-state index contributed by atoms with van der Waals surface area (Å²) in [6.45, 7) is 6.94. The van der Waals surface area contributed by atoms with Crippen molar-refractivity contribution in [1.82, 2.24) is 9.55 Å². The first-order chi connectivity index (χ1) is 8.90. The van der Waals surface area contributed by atoms with E-state index in [2.05, 4.69) is 34.2 Å². The van der Waals surface area contributed by atoms with Crippen LogP contribution in [0.25, 0.3) is 11.0 Å². The van der Waals surface area contributed by atoms with Crippen molar-refractivity contribution < 1.29 is 0 Å². The van der Waals surface area contributed by atoms with E-state index >= 15 is 0 Å². The molecule has 0 radical (unpaired) electrons. The quantitative estimate of drug-likeness (QED) is 0.769. The van der Waals surface area contributed by atoms with Gasteiger partial charge in [0.15, 0.2) is 0 Å². The Morgan fingerprint density at radius 1 is 1.17 bits per heavy atom. The van der Waals surface area contributed by atoms with Crippen LogP contribution in [-0.4, -0.2) is 22.6 Å². The number of rotatable bonds is 3. The van der Waals surface area contributed by atoms with Crippen molar-refractivity contribution in [3.05, 3.63) is 36.9 Å². The molecule has 0 spiro atoms. The van der Waals surface area contributed by atoms with Crippen molar-refractivity contribution in [1.29, 1.82) is 0 Å². The molecule has 18 heavy (non-hydrogen) atoms. The fourth-order valence-corrected chi connectivity index (χ4v) is 2.71. The lowest BCUT2D eigenvalue weighted by atomic mass is 10.1. The van der Waals surface area contributed by atoms with Gasteiger partial charge in [0, 0.05) is 19.6 Å². The molecule has 0 aliphatic carbocycles. The summed E-state index contributed by atoms with van der Waals surface area (Å²) in [6, 6.07) is 8.35. The number of hydrogen-bond acceptors (Lipinski definition) is 2. The summed E-state index contributed by atoms with van der Waals surface area (Å²) < 4.78 is 2.27. The highest BCUT2D eigenvalue weighted by Gasteiger charge is 2.18. The largest absolute Gasteiger partial charge is 0.342 e. The minimum atomic E-state index is 0.826. The van der Waals surface area contributed by atoms with Crippen LogP contribution in [0.2, 0.25) is 0 Å². The summed E-state index contributed by atoms with van der Waals surface area (Å²) in [5.41, 5.74) is 2.29. The fraction of sp³-hybridized carbons (Fsp3) is 0.400. The van der Waals surface area contributed by atoms with Gasteiger partial charge >= 0.3 is 0 Å². The monoisotopic (exact) mass is 241 g/mol. The lowest BCUT2D eigenvalue weighted by molar-refractivity contribution is 0.561. The fourth-order valence-electron chi connectivity index (χ4n) is 2.71. The van der Waals surface area contributed by atoms with Crippen LogP contribution in [0.1, 0.15) is 19.3 Å². The van der Waals surface area contributed by atoms with Crippen molar-refractivity contribution in [2.45, 2.75) is 25.8 Å². The third-order valence-corrected chi connectivity index (χ3v) is 3.58. The Morgan fingerprint density at radius 3 is 2.72 bits per heavy atom. The molecule has 3 nitrogen and oxygen atoms in total. The summed E-state index contributed by atoms with van der Waals surface area (Å²) in [5, 5.41) is 0. The van der Waals surface area contributed by atoms with Gasteiger partial charge in [0.05, 0.1) is 11.0 Å². The van der Waals surface area contributed by atoms with Gasteiger partial charge in [-0.05, 0) is 31.4 Å². The highest BCUT2D eigenvalue weighted by Crippen LogP contribution is 2.25. The summed E-state index contributed by atoms with van der Waals surface area (Å²) in [5.74, 6) is 1.11. The van der Waals surface area contributed by atoms with Crippen LogP contribution in [0.3, 0.4) is 0 Å². The maximum Gasteiger partial charge on any atom is 0.206 e. The Hall–Kier alpha value is -1.77. The highest BCUT2D eigenvalue weighted by molar-refractivity contribution is 5.78. The van der Waals surface area contributed by atoms with Crippen LogP contribution in [0.15, 0.2) is 36.9 Å². The van der Waals surface area contributed by atoms with E-state index in [9.17, 15) is 0 Å². The second-order valence-electron chi connectivity index (χ2n) is 4.85. The Balaban J connectivity index is 2.08.